The van der Waals surface area contributed by atoms with E-state index in [9.17, 15) is 24.8 Å². The molecule has 0 fully saturated rings. The van der Waals surface area contributed by atoms with Gasteiger partial charge in [0.2, 0.25) is 0 Å². The first-order chi connectivity index (χ1) is 10.9. The first-order valence-electron chi connectivity index (χ1n) is 6.54. The maximum atomic E-state index is 12.1. The number of phenolic OH excluding ortho intramolecular Hbond substituents is 1. The number of carbonyl (C=O) groups is 2. The number of benzene rings is 2. The van der Waals surface area contributed by atoms with Gasteiger partial charge >= 0.3 is 0 Å². The summed E-state index contributed by atoms with van der Waals surface area (Å²) in [6.07, 6.45) is 0. The second-order valence-corrected chi connectivity index (χ2v) is 4.68. The zero-order chi connectivity index (χ0) is 17.0. The van der Waals surface area contributed by atoms with E-state index in [0.717, 1.165) is 6.07 Å². The molecular weight excluding hydrogens is 302 g/mol. The number of rotatable bonds is 3. The molecule has 0 unspecified atom stereocenters. The van der Waals surface area contributed by atoms with E-state index in [2.05, 4.69) is 10.9 Å². The molecule has 0 aliphatic rings. The van der Waals surface area contributed by atoms with E-state index in [1.165, 1.54) is 24.3 Å². The lowest BCUT2D eigenvalue weighted by Crippen LogP contribution is -2.41. The van der Waals surface area contributed by atoms with Gasteiger partial charge in [-0.05, 0) is 24.6 Å². The lowest BCUT2D eigenvalue weighted by atomic mass is 10.1. The van der Waals surface area contributed by atoms with Crippen molar-refractivity contribution in [2.24, 2.45) is 0 Å². The molecule has 0 aromatic heterocycles. The van der Waals surface area contributed by atoms with Gasteiger partial charge in [-0.25, -0.2) is 0 Å². The van der Waals surface area contributed by atoms with E-state index >= 15 is 0 Å². The van der Waals surface area contributed by atoms with Gasteiger partial charge in [0.25, 0.3) is 17.5 Å². The van der Waals surface area contributed by atoms with Gasteiger partial charge in [0, 0.05) is 12.1 Å². The van der Waals surface area contributed by atoms with Gasteiger partial charge in [-0.1, -0.05) is 18.2 Å². The van der Waals surface area contributed by atoms with E-state index in [0.29, 0.717) is 5.56 Å². The van der Waals surface area contributed by atoms with Crippen LogP contribution in [0.4, 0.5) is 5.69 Å². The molecule has 0 saturated carbocycles. The van der Waals surface area contributed by atoms with E-state index < -0.39 is 16.7 Å². The fourth-order valence-electron chi connectivity index (χ4n) is 1.88. The molecule has 2 aromatic rings. The molecule has 0 atom stereocenters. The molecule has 8 nitrogen and oxygen atoms in total. The first kappa shape index (κ1) is 16.0. The highest BCUT2D eigenvalue weighted by molar-refractivity contribution is 6.01. The number of nitrogens with one attached hydrogen (secondary N) is 2. The number of hydrazine groups is 1. The number of nitrogens with zero attached hydrogens (tertiary/aromatic N) is 1. The van der Waals surface area contributed by atoms with Crippen molar-refractivity contribution in [2.75, 3.05) is 0 Å². The van der Waals surface area contributed by atoms with Crippen molar-refractivity contribution in [3.8, 4) is 5.75 Å². The van der Waals surface area contributed by atoms with Crippen LogP contribution in [0.1, 0.15) is 26.3 Å². The number of nitro groups is 1. The lowest BCUT2D eigenvalue weighted by Gasteiger charge is -2.09. The zero-order valence-electron chi connectivity index (χ0n) is 12.1. The van der Waals surface area contributed by atoms with Crippen molar-refractivity contribution in [3.63, 3.8) is 0 Å². The van der Waals surface area contributed by atoms with E-state index in [1.54, 1.807) is 19.1 Å². The molecule has 0 aliphatic heterocycles. The molecule has 0 bridgehead atoms. The second-order valence-electron chi connectivity index (χ2n) is 4.68. The summed E-state index contributed by atoms with van der Waals surface area (Å²) in [5, 5.41) is 20.3. The minimum absolute atomic E-state index is 0.0106. The first-order valence-corrected chi connectivity index (χ1v) is 6.54. The van der Waals surface area contributed by atoms with Crippen LogP contribution >= 0.6 is 0 Å². The quantitative estimate of drug-likeness (QED) is 0.587. The Balaban J connectivity index is 2.11. The molecule has 2 amide bonds. The average Bonchev–Trinajstić information content (AvgIpc) is 2.53. The Bertz CT molecular complexity index is 788. The van der Waals surface area contributed by atoms with Crippen LogP contribution in [0.2, 0.25) is 0 Å². The van der Waals surface area contributed by atoms with Crippen molar-refractivity contribution >= 4 is 17.5 Å². The van der Waals surface area contributed by atoms with Gasteiger partial charge in [0.15, 0.2) is 0 Å². The number of aryl methyl sites for hydroxylation is 1. The van der Waals surface area contributed by atoms with Crippen LogP contribution in [0, 0.1) is 17.0 Å². The predicted molar refractivity (Wildman–Crippen MR) is 80.9 cm³/mol. The van der Waals surface area contributed by atoms with Crippen molar-refractivity contribution in [1.82, 2.24) is 10.9 Å². The number of aromatic hydroxyl groups is 1. The Morgan fingerprint density at radius 1 is 1.04 bits per heavy atom. The van der Waals surface area contributed by atoms with Gasteiger partial charge in [-0.3, -0.25) is 30.6 Å². The third kappa shape index (κ3) is 3.62. The summed E-state index contributed by atoms with van der Waals surface area (Å²) >= 11 is 0. The number of para-hydroxylation sites is 1. The van der Waals surface area contributed by atoms with Gasteiger partial charge in [-0.2, -0.15) is 0 Å². The molecule has 0 saturated heterocycles. The van der Waals surface area contributed by atoms with Gasteiger partial charge < -0.3 is 5.11 Å². The standard InChI is InChI=1S/C15H13N3O5/c1-9-6-7-10(18(22)23)8-12(9)15(21)17-16-14(20)11-4-2-3-5-13(11)19/h2-8,19H,1H3,(H,16,20)(H,17,21). The van der Waals surface area contributed by atoms with Crippen LogP contribution in [0.15, 0.2) is 42.5 Å². The minimum atomic E-state index is -0.709. The third-order valence-corrected chi connectivity index (χ3v) is 3.11. The number of nitro benzene ring substituents is 1. The summed E-state index contributed by atoms with van der Waals surface area (Å²) in [6.45, 7) is 1.61. The highest BCUT2D eigenvalue weighted by Gasteiger charge is 2.16. The number of hydrogen-bond acceptors (Lipinski definition) is 5. The molecule has 0 spiro atoms. The molecule has 8 heteroatoms. The van der Waals surface area contributed by atoms with Gasteiger partial charge in [0.05, 0.1) is 16.1 Å². The van der Waals surface area contributed by atoms with Crippen LogP contribution in [0.25, 0.3) is 0 Å². The van der Waals surface area contributed by atoms with Gasteiger partial charge in [-0.15, -0.1) is 0 Å². The molecule has 2 rings (SSSR count). The molecular formula is C15H13N3O5. The molecule has 23 heavy (non-hydrogen) atoms. The van der Waals surface area contributed by atoms with Gasteiger partial charge in [0.1, 0.15) is 5.75 Å². The Hall–Kier alpha value is -3.42. The Labute approximate surface area is 130 Å². The number of carbonyl (C=O) groups excluding carboxylic acids is 2. The van der Waals surface area contributed by atoms with Crippen LogP contribution in [0.3, 0.4) is 0 Å². The summed E-state index contributed by atoms with van der Waals surface area (Å²) in [5.74, 6) is -1.64. The van der Waals surface area contributed by atoms with Crippen molar-refractivity contribution in [1.29, 1.82) is 0 Å². The van der Waals surface area contributed by atoms with Crippen molar-refractivity contribution < 1.29 is 19.6 Å². The number of amides is 2. The highest BCUT2D eigenvalue weighted by atomic mass is 16.6. The van der Waals surface area contributed by atoms with E-state index in [-0.39, 0.29) is 22.6 Å². The Kier molecular flexibility index (Phi) is 4.55. The molecule has 2 aromatic carbocycles. The van der Waals surface area contributed by atoms with Crippen LogP contribution in [0.5, 0.6) is 5.75 Å². The van der Waals surface area contributed by atoms with Crippen LogP contribution in [-0.4, -0.2) is 21.8 Å². The minimum Gasteiger partial charge on any atom is -0.507 e. The van der Waals surface area contributed by atoms with E-state index in [1.807, 2.05) is 0 Å². The largest absolute Gasteiger partial charge is 0.507 e. The average molecular weight is 315 g/mol. The van der Waals surface area contributed by atoms with E-state index in [4.69, 9.17) is 0 Å². The smallest absolute Gasteiger partial charge is 0.273 e. The SMILES string of the molecule is Cc1ccc([N+](=O)[O-])cc1C(=O)NNC(=O)c1ccccc1O. The summed E-state index contributed by atoms with van der Waals surface area (Å²) in [7, 11) is 0. The Morgan fingerprint density at radius 2 is 1.65 bits per heavy atom. The van der Waals surface area contributed by atoms with Crippen molar-refractivity contribution in [2.45, 2.75) is 6.92 Å². The summed E-state index contributed by atoms with van der Waals surface area (Å²) < 4.78 is 0. The monoisotopic (exact) mass is 315 g/mol. The molecule has 118 valence electrons. The normalized spacial score (nSPS) is 9.96. The summed E-state index contributed by atoms with van der Waals surface area (Å²) in [5.41, 5.74) is 4.65. The molecule has 3 N–H and O–H groups in total. The number of phenols is 1. The van der Waals surface area contributed by atoms with Crippen LogP contribution < -0.4 is 10.9 Å². The summed E-state index contributed by atoms with van der Waals surface area (Å²) in [4.78, 5) is 34.1. The fraction of sp³-hybridized carbons (Fsp3) is 0.0667. The topological polar surface area (TPSA) is 122 Å². The van der Waals surface area contributed by atoms with Crippen molar-refractivity contribution in [3.05, 3.63) is 69.3 Å². The Morgan fingerprint density at radius 3 is 2.26 bits per heavy atom. The lowest BCUT2D eigenvalue weighted by molar-refractivity contribution is -0.384. The maximum absolute atomic E-state index is 12.1. The number of hydrogen-bond donors (Lipinski definition) is 3. The third-order valence-electron chi connectivity index (χ3n) is 3.11. The molecule has 0 radical (unpaired) electrons. The zero-order valence-corrected chi connectivity index (χ0v) is 12.1. The predicted octanol–water partition coefficient (Wildman–Crippen LogP) is 1.68. The fourth-order valence-corrected chi connectivity index (χ4v) is 1.88. The summed E-state index contributed by atoms with van der Waals surface area (Å²) in [6, 6.07) is 9.68. The number of non-ortho nitro benzene ring substituents is 1. The molecule has 0 aliphatic carbocycles. The second kappa shape index (κ2) is 6.56. The maximum Gasteiger partial charge on any atom is 0.273 e. The highest BCUT2D eigenvalue weighted by Crippen LogP contribution is 2.17. The van der Waals surface area contributed by atoms with Crippen LogP contribution in [-0.2, 0) is 0 Å². The molecule has 0 heterocycles.